The van der Waals surface area contributed by atoms with Gasteiger partial charge >= 0.3 is 6.18 Å². The molecule has 10 heteroatoms. The number of halogens is 4. The van der Waals surface area contributed by atoms with Gasteiger partial charge in [0.05, 0.1) is 5.56 Å². The third-order valence-electron chi connectivity index (χ3n) is 3.90. The largest absolute Gasteiger partial charge is 0.433 e. The van der Waals surface area contributed by atoms with Crippen molar-refractivity contribution in [2.24, 2.45) is 0 Å². The first kappa shape index (κ1) is 20.2. The zero-order chi connectivity index (χ0) is 20.5. The lowest BCUT2D eigenvalue weighted by atomic mass is 10.0. The van der Waals surface area contributed by atoms with Crippen LogP contribution in [0.5, 0.6) is 0 Å². The van der Waals surface area contributed by atoms with Crippen LogP contribution in [0.15, 0.2) is 18.2 Å². The Morgan fingerprint density at radius 1 is 1.33 bits per heavy atom. The van der Waals surface area contributed by atoms with Crippen molar-refractivity contribution in [1.29, 1.82) is 10.7 Å². The second-order valence-corrected chi connectivity index (χ2v) is 5.97. The highest BCUT2D eigenvalue weighted by Crippen LogP contribution is 2.28. The Balaban J connectivity index is 2.41. The van der Waals surface area contributed by atoms with Gasteiger partial charge in [0.2, 0.25) is 0 Å². The van der Waals surface area contributed by atoms with Crippen molar-refractivity contribution in [3.05, 3.63) is 51.3 Å². The van der Waals surface area contributed by atoms with Gasteiger partial charge in [0, 0.05) is 16.9 Å². The zero-order valence-electron chi connectivity index (χ0n) is 14.1. The Morgan fingerprint density at radius 2 is 1.96 bits per heavy atom. The Morgan fingerprint density at radius 3 is 2.52 bits per heavy atom. The summed E-state index contributed by atoms with van der Waals surface area (Å²) in [7, 11) is 0. The van der Waals surface area contributed by atoms with E-state index in [9.17, 15) is 18.0 Å². The number of carbonyl (C=O) groups excluding carboxylic acids is 1. The molecule has 1 aromatic carbocycles. The molecular weight excluding hydrogens is 383 g/mol. The summed E-state index contributed by atoms with van der Waals surface area (Å²) in [6.45, 7) is 3.17. The second-order valence-electron chi connectivity index (χ2n) is 5.62. The minimum absolute atomic E-state index is 0.00228. The van der Waals surface area contributed by atoms with Crippen LogP contribution in [0.2, 0.25) is 5.15 Å². The van der Waals surface area contributed by atoms with Crippen molar-refractivity contribution in [2.75, 3.05) is 11.1 Å². The van der Waals surface area contributed by atoms with Gasteiger partial charge in [-0.15, -0.1) is 0 Å². The fourth-order valence-corrected chi connectivity index (χ4v) is 2.57. The molecule has 27 heavy (non-hydrogen) atoms. The summed E-state index contributed by atoms with van der Waals surface area (Å²) in [6, 6.07) is 5.30. The number of nitrogens with two attached hydrogens (primary N) is 1. The zero-order valence-corrected chi connectivity index (χ0v) is 14.9. The number of nitrogen functional groups attached to an aromatic ring is 1. The molecule has 0 aliphatic rings. The van der Waals surface area contributed by atoms with Gasteiger partial charge < -0.3 is 11.1 Å². The molecule has 0 atom stereocenters. The predicted octanol–water partition coefficient (Wildman–Crippen LogP) is 3.99. The first-order valence-corrected chi connectivity index (χ1v) is 7.79. The molecule has 1 heterocycles. The highest BCUT2D eigenvalue weighted by atomic mass is 35.5. The van der Waals surface area contributed by atoms with E-state index in [2.05, 4.69) is 10.3 Å². The molecule has 0 radical (unpaired) electrons. The van der Waals surface area contributed by atoms with Crippen molar-refractivity contribution in [1.82, 2.24) is 4.98 Å². The molecule has 0 spiro atoms. The van der Waals surface area contributed by atoms with Crippen molar-refractivity contribution in [3.63, 3.8) is 0 Å². The number of anilines is 2. The first-order chi connectivity index (χ1) is 12.5. The monoisotopic (exact) mass is 395 g/mol. The lowest BCUT2D eigenvalue weighted by Crippen LogP contribution is -2.24. The molecule has 0 fully saturated rings. The normalized spacial score (nSPS) is 11.0. The average Bonchev–Trinajstić information content (AvgIpc) is 2.58. The average molecular weight is 396 g/mol. The number of nitriles is 1. The number of rotatable bonds is 3. The Labute approximate surface area is 157 Å². The molecule has 6 nitrogen and oxygen atoms in total. The van der Waals surface area contributed by atoms with Crippen LogP contribution in [-0.2, 0) is 0 Å². The summed E-state index contributed by atoms with van der Waals surface area (Å²) in [5.41, 5.74) is 4.03. The number of benzene rings is 1. The van der Waals surface area contributed by atoms with E-state index < -0.39 is 23.4 Å². The molecule has 4 N–H and O–H groups in total. The Bertz CT molecular complexity index is 996. The van der Waals surface area contributed by atoms with Gasteiger partial charge in [0.15, 0.2) is 0 Å². The van der Waals surface area contributed by atoms with E-state index in [1.807, 2.05) is 6.07 Å². The molecule has 0 aliphatic carbocycles. The number of aromatic nitrogens is 1. The molecule has 0 aliphatic heterocycles. The summed E-state index contributed by atoms with van der Waals surface area (Å²) in [4.78, 5) is 16.4. The van der Waals surface area contributed by atoms with E-state index in [0.29, 0.717) is 11.1 Å². The van der Waals surface area contributed by atoms with Crippen molar-refractivity contribution in [2.45, 2.75) is 20.0 Å². The molecule has 1 aromatic heterocycles. The first-order valence-electron chi connectivity index (χ1n) is 7.41. The summed E-state index contributed by atoms with van der Waals surface area (Å²) in [6.07, 6.45) is -4.88. The molecular formula is C17H13ClF3N5O. The minimum atomic E-state index is -4.88. The fraction of sp³-hybridized carbons (Fsp3) is 0.176. The summed E-state index contributed by atoms with van der Waals surface area (Å²) >= 11 is 5.91. The number of hydrogen-bond acceptors (Lipinski definition) is 5. The summed E-state index contributed by atoms with van der Waals surface area (Å²) < 4.78 is 38.3. The van der Waals surface area contributed by atoms with Crippen LogP contribution in [0.1, 0.15) is 32.7 Å². The molecule has 2 rings (SSSR count). The van der Waals surface area contributed by atoms with E-state index in [1.54, 1.807) is 13.8 Å². The van der Waals surface area contributed by atoms with Gasteiger partial charge in [-0.3, -0.25) is 10.2 Å². The number of nitrogens with one attached hydrogen (secondary N) is 2. The van der Waals surface area contributed by atoms with Crippen molar-refractivity contribution < 1.29 is 18.0 Å². The van der Waals surface area contributed by atoms with Crippen LogP contribution in [0.25, 0.3) is 0 Å². The van der Waals surface area contributed by atoms with Crippen molar-refractivity contribution in [3.8, 4) is 6.07 Å². The van der Waals surface area contributed by atoms with Crippen LogP contribution >= 0.6 is 11.6 Å². The molecule has 2 aromatic rings. The molecule has 0 saturated heterocycles. The maximum absolute atomic E-state index is 12.8. The fourth-order valence-electron chi connectivity index (χ4n) is 2.30. The van der Waals surface area contributed by atoms with E-state index in [-0.39, 0.29) is 27.8 Å². The van der Waals surface area contributed by atoms with Gasteiger partial charge in [0.25, 0.3) is 5.91 Å². The topological polar surface area (TPSA) is 116 Å². The van der Waals surface area contributed by atoms with Crippen molar-refractivity contribution >= 4 is 34.6 Å². The Hall–Kier alpha value is -3.12. The van der Waals surface area contributed by atoms with Gasteiger partial charge in [-0.05, 0) is 43.2 Å². The van der Waals surface area contributed by atoms with Crippen LogP contribution in [0.4, 0.5) is 24.5 Å². The highest BCUT2D eigenvalue weighted by molar-refractivity contribution is 6.31. The number of pyridine rings is 1. The number of hydrogen-bond donors (Lipinski definition) is 3. The lowest BCUT2D eigenvalue weighted by molar-refractivity contribution is -0.0587. The number of nitrogens with zero attached hydrogens (tertiary/aromatic N) is 2. The lowest BCUT2D eigenvalue weighted by Gasteiger charge is -2.14. The third-order valence-corrected chi connectivity index (χ3v) is 4.17. The van der Waals surface area contributed by atoms with Crippen LogP contribution in [0.3, 0.4) is 0 Å². The highest BCUT2D eigenvalue weighted by Gasteiger charge is 2.36. The summed E-state index contributed by atoms with van der Waals surface area (Å²) in [5.74, 6) is -0.726. The maximum atomic E-state index is 12.8. The van der Waals surface area contributed by atoms with Gasteiger partial charge in [-0.25, -0.2) is 4.98 Å². The number of amides is 1. The molecule has 0 bridgehead atoms. The van der Waals surface area contributed by atoms with Crippen LogP contribution < -0.4 is 11.1 Å². The van der Waals surface area contributed by atoms with E-state index in [4.69, 9.17) is 28.0 Å². The number of alkyl halides is 3. The SMILES string of the molecule is Cc1c(C(=O)Nc2ccc(N)c(C(=N)C(F)(F)F)c2)nc(Cl)c(C#N)c1C. The van der Waals surface area contributed by atoms with Gasteiger partial charge in [0.1, 0.15) is 22.6 Å². The quantitative estimate of drug-likeness (QED) is 0.414. The van der Waals surface area contributed by atoms with Gasteiger partial charge in [-0.2, -0.15) is 18.4 Å². The van der Waals surface area contributed by atoms with E-state index >= 15 is 0 Å². The molecule has 1 amide bonds. The minimum Gasteiger partial charge on any atom is -0.398 e. The van der Waals surface area contributed by atoms with Crippen LogP contribution in [-0.4, -0.2) is 22.8 Å². The smallest absolute Gasteiger partial charge is 0.398 e. The van der Waals surface area contributed by atoms with Crippen LogP contribution in [0, 0.1) is 30.6 Å². The Kier molecular flexibility index (Phi) is 5.42. The van der Waals surface area contributed by atoms with E-state index in [1.165, 1.54) is 6.07 Å². The predicted molar refractivity (Wildman–Crippen MR) is 95.1 cm³/mol. The maximum Gasteiger partial charge on any atom is 0.433 e. The number of carbonyl (C=O) groups is 1. The standard InChI is InChI=1S/C17H13ClF3N5O/c1-7-8(2)13(26-15(18)11(7)6-22)16(27)25-9-3-4-12(23)10(5-9)14(24)17(19,20)21/h3-5,24H,23H2,1-2H3,(H,25,27). The van der Waals surface area contributed by atoms with E-state index in [0.717, 1.165) is 12.1 Å². The summed E-state index contributed by atoms with van der Waals surface area (Å²) in [5, 5.41) is 18.5. The molecule has 140 valence electrons. The molecule has 0 unspecified atom stereocenters. The van der Waals surface area contributed by atoms with Gasteiger partial charge in [-0.1, -0.05) is 11.6 Å². The second kappa shape index (κ2) is 7.25. The third kappa shape index (κ3) is 4.01. The molecule has 0 saturated carbocycles.